The lowest BCUT2D eigenvalue weighted by Gasteiger charge is -2.40. The number of imidazole rings is 1. The van der Waals surface area contributed by atoms with Gasteiger partial charge in [-0.15, -0.1) is 13.2 Å². The molecule has 3 aromatic rings. The Morgan fingerprint density at radius 1 is 1.16 bits per heavy atom. The number of nitrogens with one attached hydrogen (secondary N) is 2. The Kier molecular flexibility index (Phi) is 7.07. The second-order valence-corrected chi connectivity index (χ2v) is 10.3. The average Bonchev–Trinajstić information content (AvgIpc) is 3.13. The van der Waals surface area contributed by atoms with Crippen molar-refractivity contribution in [2.75, 3.05) is 11.9 Å². The fraction of sp³-hybridized carbons (Fsp3) is 0.423. The smallest absolute Gasteiger partial charge is 0.480 e. The van der Waals surface area contributed by atoms with Crippen LogP contribution in [-0.4, -0.2) is 39.4 Å². The molecule has 37 heavy (non-hydrogen) atoms. The van der Waals surface area contributed by atoms with Crippen molar-refractivity contribution in [1.29, 1.82) is 0 Å². The van der Waals surface area contributed by atoms with Gasteiger partial charge in [-0.1, -0.05) is 20.8 Å². The van der Waals surface area contributed by atoms with E-state index in [0.717, 1.165) is 24.8 Å². The number of fused-ring (bicyclic) bond motifs is 1. The molecule has 1 saturated carbocycles. The number of amides is 1. The van der Waals surface area contributed by atoms with Crippen molar-refractivity contribution in [3.8, 4) is 5.75 Å². The molecule has 11 heteroatoms. The van der Waals surface area contributed by atoms with Crippen molar-refractivity contribution >= 4 is 34.5 Å². The fourth-order valence-electron chi connectivity index (χ4n) is 5.32. The van der Waals surface area contributed by atoms with Crippen LogP contribution in [0.2, 0.25) is 0 Å². The van der Waals surface area contributed by atoms with Crippen molar-refractivity contribution in [2.24, 2.45) is 11.3 Å². The number of benzene rings is 2. The Labute approximate surface area is 211 Å². The van der Waals surface area contributed by atoms with Gasteiger partial charge >= 0.3 is 12.3 Å². The maximum Gasteiger partial charge on any atom is 0.573 e. The normalized spacial score (nSPS) is 19.4. The van der Waals surface area contributed by atoms with Crippen molar-refractivity contribution in [1.82, 2.24) is 14.9 Å². The van der Waals surface area contributed by atoms with E-state index < -0.39 is 24.8 Å². The number of hydrogen-bond donors (Lipinski definition) is 3. The molecule has 8 nitrogen and oxygen atoms in total. The lowest BCUT2D eigenvalue weighted by Crippen LogP contribution is -2.30. The molecule has 1 aromatic heterocycles. The number of anilines is 2. The van der Waals surface area contributed by atoms with Gasteiger partial charge in [0.05, 0.1) is 11.0 Å². The number of carboxylic acids is 1. The number of aromatic nitrogens is 2. The van der Waals surface area contributed by atoms with Crippen molar-refractivity contribution < 1.29 is 32.6 Å². The fourth-order valence-corrected chi connectivity index (χ4v) is 5.32. The minimum absolute atomic E-state index is 0.101. The molecule has 1 unspecified atom stereocenters. The van der Waals surface area contributed by atoms with Gasteiger partial charge in [-0.2, -0.15) is 0 Å². The Bertz CT molecular complexity index is 1300. The van der Waals surface area contributed by atoms with Gasteiger partial charge in [-0.05, 0) is 73.1 Å². The summed E-state index contributed by atoms with van der Waals surface area (Å²) >= 11 is 0. The first-order valence-electron chi connectivity index (χ1n) is 11.9. The largest absolute Gasteiger partial charge is 0.573 e. The number of carbonyl (C=O) groups excluding carboxylic acids is 1. The monoisotopic (exact) mass is 518 g/mol. The molecule has 0 aliphatic heterocycles. The predicted molar refractivity (Wildman–Crippen MR) is 132 cm³/mol. The van der Waals surface area contributed by atoms with E-state index in [4.69, 9.17) is 10.1 Å². The highest BCUT2D eigenvalue weighted by molar-refractivity contribution is 5.99. The Morgan fingerprint density at radius 3 is 2.49 bits per heavy atom. The topological polar surface area (TPSA) is 105 Å². The van der Waals surface area contributed by atoms with Crippen LogP contribution >= 0.6 is 0 Å². The van der Waals surface area contributed by atoms with Crippen LogP contribution in [0.4, 0.5) is 24.8 Å². The number of rotatable bonds is 7. The molecule has 1 aliphatic carbocycles. The first kappa shape index (κ1) is 26.3. The standard InChI is InChI=1S/C26H29F3N4O4/c1-15-10-18(13-25(2,3)12-15)33-21-9-4-16(23(36)30-14-22(34)35)11-20(21)32-24(33)31-17-5-7-19(8-6-17)37-26(27,28)29/h4-9,11,15,18H,10,12-14H2,1-3H3,(H,30,36)(H,31,32)(H,34,35)/t15-,18?/m0/s1. The minimum Gasteiger partial charge on any atom is -0.480 e. The van der Waals surface area contributed by atoms with Crippen molar-refractivity contribution in [3.63, 3.8) is 0 Å². The van der Waals surface area contributed by atoms with Gasteiger partial charge in [0.15, 0.2) is 0 Å². The summed E-state index contributed by atoms with van der Waals surface area (Å²) in [6.07, 6.45) is -1.87. The van der Waals surface area contributed by atoms with E-state index in [1.165, 1.54) is 24.3 Å². The molecular formula is C26H29F3N4O4. The number of aliphatic carboxylic acids is 1. The summed E-state index contributed by atoms with van der Waals surface area (Å²) in [6, 6.07) is 10.5. The minimum atomic E-state index is -4.78. The lowest BCUT2D eigenvalue weighted by atomic mass is 9.70. The highest BCUT2D eigenvalue weighted by Gasteiger charge is 2.35. The quantitative estimate of drug-likeness (QED) is 0.361. The van der Waals surface area contributed by atoms with Crippen molar-refractivity contribution in [2.45, 2.75) is 52.4 Å². The summed E-state index contributed by atoms with van der Waals surface area (Å²) in [4.78, 5) is 28.0. The van der Waals surface area contributed by atoms with E-state index in [1.807, 2.05) is 0 Å². The average molecular weight is 519 g/mol. The van der Waals surface area contributed by atoms with Crippen LogP contribution in [0.25, 0.3) is 11.0 Å². The lowest BCUT2D eigenvalue weighted by molar-refractivity contribution is -0.274. The highest BCUT2D eigenvalue weighted by Crippen LogP contribution is 2.46. The van der Waals surface area contributed by atoms with E-state index in [9.17, 15) is 22.8 Å². The van der Waals surface area contributed by atoms with E-state index in [1.54, 1.807) is 18.2 Å². The van der Waals surface area contributed by atoms with E-state index in [0.29, 0.717) is 23.1 Å². The van der Waals surface area contributed by atoms with Crippen LogP contribution in [0.15, 0.2) is 42.5 Å². The van der Waals surface area contributed by atoms with Crippen LogP contribution in [0.3, 0.4) is 0 Å². The number of halogens is 3. The van der Waals surface area contributed by atoms with Crippen LogP contribution in [0.5, 0.6) is 5.75 Å². The molecule has 1 amide bonds. The molecule has 1 heterocycles. The zero-order valence-electron chi connectivity index (χ0n) is 20.7. The maximum atomic E-state index is 12.5. The molecule has 0 radical (unpaired) electrons. The summed E-state index contributed by atoms with van der Waals surface area (Å²) in [5, 5.41) is 14.4. The SMILES string of the molecule is C[C@H]1CC(n2c(Nc3ccc(OC(F)(F)F)cc3)nc3cc(C(=O)NCC(=O)O)ccc32)CC(C)(C)C1. The number of ether oxygens (including phenoxy) is 1. The third kappa shape index (κ3) is 6.52. The van der Waals surface area contributed by atoms with Gasteiger partial charge in [-0.3, -0.25) is 9.59 Å². The summed E-state index contributed by atoms with van der Waals surface area (Å²) in [5.74, 6) is -1.03. The third-order valence-electron chi connectivity index (χ3n) is 6.42. The van der Waals surface area contributed by atoms with Gasteiger partial charge in [0.2, 0.25) is 5.95 Å². The van der Waals surface area contributed by atoms with Crippen LogP contribution in [0, 0.1) is 11.3 Å². The molecule has 3 N–H and O–H groups in total. The van der Waals surface area contributed by atoms with Crippen LogP contribution in [0.1, 0.15) is 56.4 Å². The van der Waals surface area contributed by atoms with E-state index in [2.05, 4.69) is 40.7 Å². The van der Waals surface area contributed by atoms with Crippen LogP contribution < -0.4 is 15.4 Å². The van der Waals surface area contributed by atoms with Gasteiger partial charge in [0.25, 0.3) is 5.91 Å². The molecule has 2 atom stereocenters. The highest BCUT2D eigenvalue weighted by atomic mass is 19.4. The molecule has 0 spiro atoms. The van der Waals surface area contributed by atoms with Gasteiger partial charge in [-0.25, -0.2) is 4.98 Å². The van der Waals surface area contributed by atoms with Gasteiger partial charge in [0, 0.05) is 17.3 Å². The van der Waals surface area contributed by atoms with E-state index in [-0.39, 0.29) is 22.8 Å². The summed E-state index contributed by atoms with van der Waals surface area (Å²) in [7, 11) is 0. The van der Waals surface area contributed by atoms with Gasteiger partial charge in [0.1, 0.15) is 12.3 Å². The maximum absolute atomic E-state index is 12.5. The zero-order valence-corrected chi connectivity index (χ0v) is 20.7. The molecular weight excluding hydrogens is 489 g/mol. The third-order valence-corrected chi connectivity index (χ3v) is 6.42. The molecule has 4 rings (SSSR count). The summed E-state index contributed by atoms with van der Waals surface area (Å²) in [5.41, 5.74) is 2.23. The molecule has 1 aliphatic rings. The Morgan fingerprint density at radius 2 is 1.86 bits per heavy atom. The molecule has 0 bridgehead atoms. The number of nitrogens with zero attached hydrogens (tertiary/aromatic N) is 2. The molecule has 1 fully saturated rings. The predicted octanol–water partition coefficient (Wildman–Crippen LogP) is 5.88. The molecule has 198 valence electrons. The Hall–Kier alpha value is -3.76. The molecule has 2 aromatic carbocycles. The van der Waals surface area contributed by atoms with E-state index >= 15 is 0 Å². The summed E-state index contributed by atoms with van der Waals surface area (Å²) < 4.78 is 43.6. The zero-order chi connectivity index (χ0) is 27.0. The summed E-state index contributed by atoms with van der Waals surface area (Å²) in [6.45, 7) is 6.17. The first-order valence-corrected chi connectivity index (χ1v) is 11.9. The number of alkyl halides is 3. The number of carbonyl (C=O) groups is 2. The van der Waals surface area contributed by atoms with Gasteiger partial charge < -0.3 is 25.0 Å². The first-order chi connectivity index (χ1) is 17.3. The number of hydrogen-bond acceptors (Lipinski definition) is 5. The Balaban J connectivity index is 1.71. The second kappa shape index (κ2) is 9.95. The molecule has 0 saturated heterocycles. The van der Waals surface area contributed by atoms with Crippen LogP contribution in [-0.2, 0) is 4.79 Å². The van der Waals surface area contributed by atoms with Crippen molar-refractivity contribution in [3.05, 3.63) is 48.0 Å². The second-order valence-electron chi connectivity index (χ2n) is 10.3. The number of carboxylic acid groups (broad SMARTS) is 1.